The second-order valence-corrected chi connectivity index (χ2v) is 7.39. The van der Waals surface area contributed by atoms with Crippen LogP contribution in [-0.4, -0.2) is 49.4 Å². The lowest BCUT2D eigenvalue weighted by Gasteiger charge is -2.32. The Kier molecular flexibility index (Phi) is 5.68. The third-order valence-corrected chi connectivity index (χ3v) is 5.44. The third kappa shape index (κ3) is 4.07. The second-order valence-electron chi connectivity index (χ2n) is 7.39. The number of likely N-dealkylation sites (tertiary alicyclic amines) is 1. The molecule has 7 nitrogen and oxygen atoms in total. The molecule has 7 heteroatoms. The van der Waals surface area contributed by atoms with Gasteiger partial charge in [0.05, 0.1) is 17.3 Å². The number of ketones is 1. The molecule has 0 radical (unpaired) electrons. The molecule has 1 amide bonds. The van der Waals surface area contributed by atoms with Crippen LogP contribution < -0.4 is 0 Å². The van der Waals surface area contributed by atoms with Crippen molar-refractivity contribution in [3.8, 4) is 0 Å². The highest BCUT2D eigenvalue weighted by Crippen LogP contribution is 2.27. The summed E-state index contributed by atoms with van der Waals surface area (Å²) < 4.78 is 1.82. The molecule has 1 aliphatic rings. The van der Waals surface area contributed by atoms with Crippen molar-refractivity contribution < 1.29 is 9.59 Å². The Bertz CT molecular complexity index is 822. The molecule has 0 N–H and O–H groups in total. The molecule has 0 unspecified atom stereocenters. The van der Waals surface area contributed by atoms with Crippen LogP contribution in [-0.2, 0) is 4.79 Å². The van der Waals surface area contributed by atoms with Crippen LogP contribution in [0.25, 0.3) is 0 Å². The SMILES string of the molecule is CC(=O)c1c(C)nn([C@H](C)CC(=O)N2CCC(c3ccncn3)CC2)c1C. The first-order valence-corrected chi connectivity index (χ1v) is 9.48. The number of aromatic nitrogens is 4. The monoisotopic (exact) mass is 369 g/mol. The van der Waals surface area contributed by atoms with Crippen LogP contribution in [0.5, 0.6) is 0 Å². The normalized spacial score (nSPS) is 16.4. The fourth-order valence-corrected chi connectivity index (χ4v) is 4.04. The average molecular weight is 369 g/mol. The van der Waals surface area contributed by atoms with Gasteiger partial charge in [-0.05, 0) is 46.6 Å². The maximum Gasteiger partial charge on any atom is 0.224 e. The van der Waals surface area contributed by atoms with E-state index in [1.54, 1.807) is 19.4 Å². The fraction of sp³-hybridized carbons (Fsp3) is 0.550. The van der Waals surface area contributed by atoms with Crippen molar-refractivity contribution in [3.63, 3.8) is 0 Å². The first kappa shape index (κ1) is 19.2. The smallest absolute Gasteiger partial charge is 0.224 e. The van der Waals surface area contributed by atoms with Crippen LogP contribution >= 0.6 is 0 Å². The lowest BCUT2D eigenvalue weighted by atomic mass is 9.93. The molecule has 0 saturated carbocycles. The lowest BCUT2D eigenvalue weighted by molar-refractivity contribution is -0.133. The Labute approximate surface area is 159 Å². The number of nitrogens with zero attached hydrogens (tertiary/aromatic N) is 5. The van der Waals surface area contributed by atoms with E-state index < -0.39 is 0 Å². The van der Waals surface area contributed by atoms with Crippen LogP contribution in [0.15, 0.2) is 18.6 Å². The fourth-order valence-electron chi connectivity index (χ4n) is 4.04. The maximum atomic E-state index is 12.8. The molecule has 1 atom stereocenters. The topological polar surface area (TPSA) is 81.0 Å². The van der Waals surface area contributed by atoms with Gasteiger partial charge in [-0.1, -0.05) is 0 Å². The number of Topliss-reactive ketones (excluding diaryl/α,β-unsaturated/α-hetero) is 1. The first-order chi connectivity index (χ1) is 12.9. The van der Waals surface area contributed by atoms with E-state index >= 15 is 0 Å². The minimum Gasteiger partial charge on any atom is -0.343 e. The number of hydrogen-bond donors (Lipinski definition) is 0. The number of rotatable bonds is 5. The van der Waals surface area contributed by atoms with Crippen LogP contribution in [0.4, 0.5) is 0 Å². The van der Waals surface area contributed by atoms with Gasteiger partial charge in [-0.15, -0.1) is 0 Å². The number of hydrogen-bond acceptors (Lipinski definition) is 5. The number of amides is 1. The van der Waals surface area contributed by atoms with Crippen molar-refractivity contribution in [1.29, 1.82) is 0 Å². The van der Waals surface area contributed by atoms with Gasteiger partial charge in [-0.3, -0.25) is 14.3 Å². The predicted molar refractivity (Wildman–Crippen MR) is 102 cm³/mol. The molecule has 2 aromatic heterocycles. The quantitative estimate of drug-likeness (QED) is 0.757. The molecule has 3 rings (SSSR count). The molecule has 0 bridgehead atoms. The molecule has 1 fully saturated rings. The minimum absolute atomic E-state index is 0.0153. The van der Waals surface area contributed by atoms with E-state index in [4.69, 9.17) is 0 Å². The van der Waals surface area contributed by atoms with Crippen molar-refractivity contribution in [3.05, 3.63) is 41.2 Å². The Hall–Kier alpha value is -2.57. The molecule has 0 aromatic carbocycles. The van der Waals surface area contributed by atoms with E-state index in [2.05, 4.69) is 15.1 Å². The molecule has 144 valence electrons. The molecule has 1 aliphatic heterocycles. The van der Waals surface area contributed by atoms with E-state index in [9.17, 15) is 9.59 Å². The number of carbonyl (C=O) groups is 2. The van der Waals surface area contributed by atoms with Crippen LogP contribution in [0.1, 0.15) is 72.5 Å². The molecule has 1 saturated heterocycles. The lowest BCUT2D eigenvalue weighted by Crippen LogP contribution is -2.39. The van der Waals surface area contributed by atoms with Gasteiger partial charge in [-0.2, -0.15) is 5.10 Å². The van der Waals surface area contributed by atoms with E-state index in [1.165, 1.54) is 0 Å². The third-order valence-electron chi connectivity index (χ3n) is 5.44. The maximum absolute atomic E-state index is 12.8. The van der Waals surface area contributed by atoms with Crippen LogP contribution in [0, 0.1) is 13.8 Å². The van der Waals surface area contributed by atoms with Gasteiger partial charge in [-0.25, -0.2) is 9.97 Å². The first-order valence-electron chi connectivity index (χ1n) is 9.48. The summed E-state index contributed by atoms with van der Waals surface area (Å²) >= 11 is 0. The Balaban J connectivity index is 1.60. The van der Waals surface area contributed by atoms with Gasteiger partial charge in [0.2, 0.25) is 5.91 Å². The summed E-state index contributed by atoms with van der Waals surface area (Å²) in [6, 6.07) is 1.88. The van der Waals surface area contributed by atoms with E-state index in [1.807, 2.05) is 36.4 Å². The zero-order valence-electron chi connectivity index (χ0n) is 16.5. The zero-order chi connectivity index (χ0) is 19.6. The number of aryl methyl sites for hydroxylation is 1. The largest absolute Gasteiger partial charge is 0.343 e. The van der Waals surface area contributed by atoms with Crippen molar-refractivity contribution >= 4 is 11.7 Å². The summed E-state index contributed by atoms with van der Waals surface area (Å²) in [5, 5.41) is 4.49. The van der Waals surface area contributed by atoms with Gasteiger partial charge >= 0.3 is 0 Å². The Morgan fingerprint density at radius 3 is 2.52 bits per heavy atom. The molecule has 27 heavy (non-hydrogen) atoms. The van der Waals surface area contributed by atoms with Crippen LogP contribution in [0.2, 0.25) is 0 Å². The summed E-state index contributed by atoms with van der Waals surface area (Å²) in [7, 11) is 0. The van der Waals surface area contributed by atoms with Crippen molar-refractivity contribution in [2.24, 2.45) is 0 Å². The molecule has 0 aliphatic carbocycles. The average Bonchev–Trinajstić information content (AvgIpc) is 2.97. The van der Waals surface area contributed by atoms with Crippen molar-refractivity contribution in [2.45, 2.75) is 58.9 Å². The number of carbonyl (C=O) groups excluding carboxylic acids is 2. The summed E-state index contributed by atoms with van der Waals surface area (Å²) in [6.45, 7) is 8.76. The van der Waals surface area contributed by atoms with Gasteiger partial charge in [0.25, 0.3) is 0 Å². The number of piperidine rings is 1. The predicted octanol–water partition coefficient (Wildman–Crippen LogP) is 2.85. The van der Waals surface area contributed by atoms with E-state index in [-0.39, 0.29) is 17.7 Å². The van der Waals surface area contributed by atoms with E-state index in [0.29, 0.717) is 17.9 Å². The summed E-state index contributed by atoms with van der Waals surface area (Å²) in [6.07, 6.45) is 5.58. The molecular weight excluding hydrogens is 342 g/mol. The van der Waals surface area contributed by atoms with Gasteiger partial charge < -0.3 is 4.90 Å². The highest BCUT2D eigenvalue weighted by Gasteiger charge is 2.27. The highest BCUT2D eigenvalue weighted by molar-refractivity contribution is 5.96. The van der Waals surface area contributed by atoms with Crippen molar-refractivity contribution in [2.75, 3.05) is 13.1 Å². The van der Waals surface area contributed by atoms with E-state index in [0.717, 1.165) is 43.0 Å². The summed E-state index contributed by atoms with van der Waals surface area (Å²) in [5.41, 5.74) is 3.29. The van der Waals surface area contributed by atoms with Gasteiger partial charge in [0.15, 0.2) is 5.78 Å². The minimum atomic E-state index is -0.0797. The Morgan fingerprint density at radius 1 is 1.26 bits per heavy atom. The summed E-state index contributed by atoms with van der Waals surface area (Å²) in [5.74, 6) is 0.547. The Morgan fingerprint density at radius 2 is 1.96 bits per heavy atom. The van der Waals surface area contributed by atoms with Gasteiger partial charge in [0, 0.05) is 43.0 Å². The molecule has 0 spiro atoms. The van der Waals surface area contributed by atoms with Crippen molar-refractivity contribution in [1.82, 2.24) is 24.6 Å². The molecule has 3 heterocycles. The van der Waals surface area contributed by atoms with Crippen LogP contribution in [0.3, 0.4) is 0 Å². The highest BCUT2D eigenvalue weighted by atomic mass is 16.2. The molecular formula is C20H27N5O2. The second kappa shape index (κ2) is 7.98. The standard InChI is InChI=1S/C20H27N5O2/c1-13(25-15(3)20(16(4)26)14(2)23-25)11-19(27)24-9-6-17(7-10-24)18-5-8-21-12-22-18/h5,8,12-13,17H,6-7,9-11H2,1-4H3/t13-/m1/s1. The van der Waals surface area contributed by atoms with Gasteiger partial charge in [0.1, 0.15) is 6.33 Å². The zero-order valence-corrected chi connectivity index (χ0v) is 16.5. The molecule has 2 aromatic rings. The summed E-state index contributed by atoms with van der Waals surface area (Å²) in [4.78, 5) is 34.8.